The summed E-state index contributed by atoms with van der Waals surface area (Å²) in [7, 11) is 0. The third-order valence-corrected chi connectivity index (χ3v) is 8.45. The minimum atomic E-state index is -1.14. The van der Waals surface area contributed by atoms with E-state index >= 15 is 0 Å². The van der Waals surface area contributed by atoms with Gasteiger partial charge in [-0.05, 0) is 38.0 Å². The van der Waals surface area contributed by atoms with Crippen LogP contribution in [0.2, 0.25) is 0 Å². The van der Waals surface area contributed by atoms with Gasteiger partial charge < -0.3 is 10.4 Å². The number of thioether (sulfide) groups is 2. The van der Waals surface area contributed by atoms with Gasteiger partial charge in [0.2, 0.25) is 0 Å². The van der Waals surface area contributed by atoms with Gasteiger partial charge in [0.05, 0.1) is 0 Å². The molecule has 1 aromatic heterocycles. The molecule has 1 fully saturated rings. The van der Waals surface area contributed by atoms with Gasteiger partial charge >= 0.3 is 5.97 Å². The van der Waals surface area contributed by atoms with Crippen LogP contribution in [-0.2, 0) is 9.59 Å². The van der Waals surface area contributed by atoms with E-state index in [0.717, 1.165) is 20.5 Å². The van der Waals surface area contributed by atoms with Gasteiger partial charge in [0, 0.05) is 17.1 Å². The number of nitrogens with one attached hydrogen (secondary N) is 1. The predicted molar refractivity (Wildman–Crippen MR) is 120 cm³/mol. The molecule has 11 heteroatoms. The number of amides is 2. The second-order valence-electron chi connectivity index (χ2n) is 7.31. The van der Waals surface area contributed by atoms with Gasteiger partial charge in [0.15, 0.2) is 4.34 Å². The van der Waals surface area contributed by atoms with E-state index < -0.39 is 23.3 Å². The van der Waals surface area contributed by atoms with E-state index in [1.54, 1.807) is 6.07 Å². The smallest absolute Gasteiger partial charge is 0.352 e. The van der Waals surface area contributed by atoms with E-state index in [2.05, 4.69) is 15.5 Å². The molecule has 0 bridgehead atoms. The Balaban J connectivity index is 1.50. The minimum absolute atomic E-state index is 0.0136. The van der Waals surface area contributed by atoms with Crippen LogP contribution >= 0.6 is 34.9 Å². The number of aliphatic carboxylic acids is 1. The zero-order valence-corrected chi connectivity index (χ0v) is 19.5. The predicted octanol–water partition coefficient (Wildman–Crippen LogP) is 2.61. The Labute approximate surface area is 191 Å². The van der Waals surface area contributed by atoms with E-state index in [0.29, 0.717) is 22.6 Å². The van der Waals surface area contributed by atoms with E-state index in [-0.39, 0.29) is 11.6 Å². The molecule has 3 heterocycles. The number of β-lactam (4-membered cyclic amide) rings is 1. The lowest BCUT2D eigenvalue weighted by molar-refractivity contribution is -0.148. The Bertz CT molecular complexity index is 1110. The van der Waals surface area contributed by atoms with Crippen LogP contribution < -0.4 is 5.32 Å². The van der Waals surface area contributed by atoms with Gasteiger partial charge in [0.25, 0.3) is 11.8 Å². The maximum Gasteiger partial charge on any atom is 0.352 e. The van der Waals surface area contributed by atoms with Gasteiger partial charge in [-0.2, -0.15) is 0 Å². The highest BCUT2D eigenvalue weighted by Crippen LogP contribution is 2.41. The number of carboxylic acid groups (broad SMARTS) is 1. The topological polar surface area (TPSA) is 112 Å². The van der Waals surface area contributed by atoms with E-state index in [1.807, 2.05) is 32.9 Å². The summed E-state index contributed by atoms with van der Waals surface area (Å²) in [5.41, 5.74) is 2.97. The first kappa shape index (κ1) is 21.8. The summed E-state index contributed by atoms with van der Waals surface area (Å²) in [4.78, 5) is 38.8. The molecular weight excluding hydrogens is 456 g/mol. The molecule has 0 spiro atoms. The summed E-state index contributed by atoms with van der Waals surface area (Å²) in [5.74, 6) is -0.978. The van der Waals surface area contributed by atoms with E-state index in [1.165, 1.54) is 39.8 Å². The van der Waals surface area contributed by atoms with Crippen LogP contribution in [0.25, 0.3) is 0 Å². The van der Waals surface area contributed by atoms with Crippen LogP contribution in [0.4, 0.5) is 0 Å². The van der Waals surface area contributed by atoms with Crippen LogP contribution in [-0.4, -0.2) is 60.9 Å². The minimum Gasteiger partial charge on any atom is -0.477 e. The number of hydrogen-bond acceptors (Lipinski definition) is 8. The zero-order valence-electron chi connectivity index (χ0n) is 17.0. The fourth-order valence-corrected chi connectivity index (χ4v) is 6.78. The third-order valence-electron chi connectivity index (χ3n) is 5.05. The Morgan fingerprint density at radius 2 is 2.06 bits per heavy atom. The van der Waals surface area contributed by atoms with Crippen LogP contribution in [0.1, 0.15) is 26.5 Å². The molecule has 0 saturated carbocycles. The van der Waals surface area contributed by atoms with E-state index in [4.69, 9.17) is 0 Å². The van der Waals surface area contributed by atoms with Crippen molar-refractivity contribution in [1.82, 2.24) is 20.4 Å². The van der Waals surface area contributed by atoms with Crippen molar-refractivity contribution in [3.63, 3.8) is 0 Å². The lowest BCUT2D eigenvalue weighted by Gasteiger charge is -2.49. The second-order valence-corrected chi connectivity index (χ2v) is 10.8. The normalized spacial score (nSPS) is 20.4. The molecule has 0 radical (unpaired) electrons. The van der Waals surface area contributed by atoms with Gasteiger partial charge in [-0.15, -0.1) is 22.0 Å². The number of nitrogens with zero attached hydrogens (tertiary/aromatic N) is 3. The molecule has 2 aliphatic rings. The fraction of sp³-hybridized carbons (Fsp3) is 0.350. The summed E-state index contributed by atoms with van der Waals surface area (Å²) in [6, 6.07) is 4.83. The average Bonchev–Trinajstić information content (AvgIpc) is 3.16. The maximum atomic E-state index is 12.8. The van der Waals surface area contributed by atoms with Gasteiger partial charge in [0.1, 0.15) is 22.1 Å². The van der Waals surface area contributed by atoms with Crippen molar-refractivity contribution in [3.8, 4) is 0 Å². The average molecular weight is 477 g/mol. The molecule has 1 aromatic carbocycles. The first-order valence-electron chi connectivity index (χ1n) is 9.47. The molecule has 2 aliphatic heterocycles. The van der Waals surface area contributed by atoms with Crippen molar-refractivity contribution in [2.24, 2.45) is 0 Å². The van der Waals surface area contributed by atoms with Crippen molar-refractivity contribution < 1.29 is 19.5 Å². The Hall–Kier alpha value is -2.37. The third kappa shape index (κ3) is 4.21. The number of aryl methyl sites for hydroxylation is 3. The summed E-state index contributed by atoms with van der Waals surface area (Å²) >= 11 is 4.32. The highest BCUT2D eigenvalue weighted by molar-refractivity contribution is 8.01. The number of rotatable bonds is 6. The van der Waals surface area contributed by atoms with Crippen molar-refractivity contribution in [2.75, 3.05) is 11.5 Å². The van der Waals surface area contributed by atoms with Crippen molar-refractivity contribution >= 4 is 52.6 Å². The molecule has 162 valence electrons. The highest BCUT2D eigenvalue weighted by Gasteiger charge is 2.54. The maximum absolute atomic E-state index is 12.8. The number of fused-ring (bicyclic) bond motifs is 1. The van der Waals surface area contributed by atoms with Gasteiger partial charge in [-0.3, -0.25) is 14.5 Å². The summed E-state index contributed by atoms with van der Waals surface area (Å²) in [6.45, 7) is 5.60. The van der Waals surface area contributed by atoms with Crippen LogP contribution in [0, 0.1) is 20.8 Å². The first-order chi connectivity index (χ1) is 14.8. The van der Waals surface area contributed by atoms with Gasteiger partial charge in [-0.25, -0.2) is 4.79 Å². The molecule has 2 aromatic rings. The molecule has 1 saturated heterocycles. The monoisotopic (exact) mass is 476 g/mol. The Kier molecular flexibility index (Phi) is 6.09. The number of aromatic nitrogens is 2. The Morgan fingerprint density at radius 1 is 1.29 bits per heavy atom. The Morgan fingerprint density at radius 3 is 2.74 bits per heavy atom. The molecule has 4 rings (SSSR count). The lowest BCUT2D eigenvalue weighted by atomic mass is 10.0. The summed E-state index contributed by atoms with van der Waals surface area (Å²) in [6.07, 6.45) is 0. The molecule has 2 atom stereocenters. The number of carbonyl (C=O) groups is 3. The van der Waals surface area contributed by atoms with Crippen molar-refractivity contribution in [3.05, 3.63) is 51.2 Å². The molecule has 2 amide bonds. The van der Waals surface area contributed by atoms with Crippen molar-refractivity contribution in [2.45, 2.75) is 36.5 Å². The molecule has 31 heavy (non-hydrogen) atoms. The largest absolute Gasteiger partial charge is 0.477 e. The number of hydrogen-bond donors (Lipinski definition) is 2. The molecule has 8 nitrogen and oxygen atoms in total. The SMILES string of the molecule is Cc1ccc(C)c(C(=O)N[C@@H]2C(=O)N3C(C(=O)O)=C(CSc4nnc(C)s4)CS[C@@H]23)c1. The van der Waals surface area contributed by atoms with Gasteiger partial charge in [-0.1, -0.05) is 40.8 Å². The quantitative estimate of drug-likeness (QED) is 0.483. The number of carboxylic acids is 1. The standard InChI is InChI=1S/C20H20N4O4S3/c1-9-4-5-10(2)13(6-9)16(25)21-14-17(26)24-15(19(27)28)12(7-29-18(14)24)8-30-20-23-22-11(3)31-20/h4-6,14,18H,7-8H2,1-3H3,(H,21,25)(H,27,28)/t14-,18+/m1/s1. The molecule has 0 aliphatic carbocycles. The first-order valence-corrected chi connectivity index (χ1v) is 12.3. The number of benzene rings is 1. The zero-order chi connectivity index (χ0) is 22.3. The molecular formula is C20H20N4O4S3. The van der Waals surface area contributed by atoms with Crippen molar-refractivity contribution in [1.29, 1.82) is 0 Å². The van der Waals surface area contributed by atoms with Crippen LogP contribution in [0.3, 0.4) is 0 Å². The lowest BCUT2D eigenvalue weighted by Crippen LogP contribution is -2.70. The highest BCUT2D eigenvalue weighted by atomic mass is 32.2. The van der Waals surface area contributed by atoms with Crippen LogP contribution in [0.5, 0.6) is 0 Å². The summed E-state index contributed by atoms with van der Waals surface area (Å²) in [5, 5.41) is 21.0. The molecule has 0 unspecified atom stereocenters. The second kappa shape index (κ2) is 8.64. The number of carbonyl (C=O) groups excluding carboxylic acids is 2. The fourth-order valence-electron chi connectivity index (χ4n) is 3.48. The van der Waals surface area contributed by atoms with E-state index in [9.17, 15) is 19.5 Å². The van der Waals surface area contributed by atoms with Crippen LogP contribution in [0.15, 0.2) is 33.8 Å². The molecule has 2 N–H and O–H groups in total. The summed E-state index contributed by atoms with van der Waals surface area (Å²) < 4.78 is 0.760.